The number of benzene rings is 2. The van der Waals surface area contributed by atoms with Crippen molar-refractivity contribution in [3.63, 3.8) is 0 Å². The summed E-state index contributed by atoms with van der Waals surface area (Å²) in [5.41, 5.74) is 8.15. The predicted octanol–water partition coefficient (Wildman–Crippen LogP) is 4.55. The van der Waals surface area contributed by atoms with E-state index in [1.807, 2.05) is 42.5 Å². The quantitative estimate of drug-likeness (QED) is 0.732. The Morgan fingerprint density at radius 3 is 2.46 bits per heavy atom. The molecule has 0 radical (unpaired) electrons. The zero-order valence-electron chi connectivity index (χ0n) is 13.2. The topological polar surface area (TPSA) is 55.1 Å². The van der Waals surface area contributed by atoms with Crippen LogP contribution in [-0.4, -0.2) is 12.5 Å². The summed E-state index contributed by atoms with van der Waals surface area (Å²) in [4.78, 5) is 11.9. The van der Waals surface area contributed by atoms with E-state index < -0.39 is 0 Å². The van der Waals surface area contributed by atoms with E-state index in [1.54, 1.807) is 6.07 Å². The van der Waals surface area contributed by atoms with Gasteiger partial charge < -0.3 is 11.1 Å². The molecule has 0 spiro atoms. The summed E-state index contributed by atoms with van der Waals surface area (Å²) in [6, 6.07) is 15.1. The number of halogens is 3. The van der Waals surface area contributed by atoms with Gasteiger partial charge in [0.15, 0.2) is 0 Å². The molecule has 0 fully saturated rings. The maximum atomic E-state index is 11.9. The van der Waals surface area contributed by atoms with Crippen molar-refractivity contribution in [3.8, 4) is 0 Å². The van der Waals surface area contributed by atoms with Crippen molar-refractivity contribution in [2.24, 2.45) is 5.73 Å². The van der Waals surface area contributed by atoms with Crippen LogP contribution < -0.4 is 11.1 Å². The van der Waals surface area contributed by atoms with Crippen LogP contribution in [0.25, 0.3) is 0 Å². The highest BCUT2D eigenvalue weighted by Crippen LogP contribution is 2.23. The number of carbonyl (C=O) groups is 1. The average molecular weight is 388 g/mol. The summed E-state index contributed by atoms with van der Waals surface area (Å²) in [5, 5.41) is 3.97. The summed E-state index contributed by atoms with van der Waals surface area (Å²) in [5.74, 6) is 0.0106. The van der Waals surface area contributed by atoms with Gasteiger partial charge in [-0.2, -0.15) is 0 Å². The molecule has 2 aromatic carbocycles. The number of rotatable bonds is 7. The van der Waals surface area contributed by atoms with Gasteiger partial charge in [0.1, 0.15) is 0 Å². The molecule has 1 unspecified atom stereocenters. The maximum absolute atomic E-state index is 11.9. The van der Waals surface area contributed by atoms with Crippen LogP contribution in [-0.2, 0) is 11.2 Å². The zero-order valence-corrected chi connectivity index (χ0v) is 15.5. The minimum absolute atomic E-state index is 0. The van der Waals surface area contributed by atoms with Crippen molar-refractivity contribution in [1.82, 2.24) is 5.32 Å². The molecule has 0 aromatic heterocycles. The average Bonchev–Trinajstić information content (AvgIpc) is 2.56. The lowest BCUT2D eigenvalue weighted by molar-refractivity contribution is -0.121. The number of carbonyl (C=O) groups excluding carboxylic acids is 1. The fraction of sp³-hybridized carbons (Fsp3) is 0.278. The first kappa shape index (κ1) is 20.8. The van der Waals surface area contributed by atoms with Gasteiger partial charge in [-0.05, 0) is 36.1 Å². The zero-order chi connectivity index (χ0) is 16.7. The standard InChI is InChI=1S/C18H20Cl2N2O.ClH/c19-15-10-9-13(11-16(15)20)5-4-8-18(23)22-12-17(21)14-6-2-1-3-7-14;/h1-3,6-7,9-11,17H,4-5,8,12,21H2,(H,22,23);1H. The number of nitrogens with two attached hydrogens (primary N) is 1. The molecule has 0 aliphatic rings. The Labute approximate surface area is 158 Å². The first-order valence-electron chi connectivity index (χ1n) is 7.57. The molecular weight excluding hydrogens is 367 g/mol. The molecular formula is C18H21Cl3N2O. The maximum Gasteiger partial charge on any atom is 0.220 e. The predicted molar refractivity (Wildman–Crippen MR) is 103 cm³/mol. The molecule has 2 aromatic rings. The van der Waals surface area contributed by atoms with Gasteiger partial charge in [-0.15, -0.1) is 12.4 Å². The molecule has 0 saturated heterocycles. The van der Waals surface area contributed by atoms with E-state index in [0.717, 1.165) is 24.0 Å². The highest BCUT2D eigenvalue weighted by atomic mass is 35.5. The van der Waals surface area contributed by atoms with Crippen molar-refractivity contribution in [3.05, 3.63) is 69.7 Å². The summed E-state index contributed by atoms with van der Waals surface area (Å²) in [7, 11) is 0. The molecule has 0 aliphatic heterocycles. The molecule has 130 valence electrons. The fourth-order valence-electron chi connectivity index (χ4n) is 2.28. The summed E-state index contributed by atoms with van der Waals surface area (Å²) >= 11 is 11.9. The van der Waals surface area contributed by atoms with Crippen molar-refractivity contribution >= 4 is 41.5 Å². The molecule has 0 heterocycles. The van der Waals surface area contributed by atoms with E-state index in [9.17, 15) is 4.79 Å². The number of hydrogen-bond acceptors (Lipinski definition) is 2. The van der Waals surface area contributed by atoms with Crippen LogP contribution in [0.15, 0.2) is 48.5 Å². The Morgan fingerprint density at radius 2 is 1.79 bits per heavy atom. The first-order chi connectivity index (χ1) is 11.1. The molecule has 1 amide bonds. The molecule has 24 heavy (non-hydrogen) atoms. The second-order valence-electron chi connectivity index (χ2n) is 5.42. The number of aryl methyl sites for hydroxylation is 1. The van der Waals surface area contributed by atoms with Crippen LogP contribution in [0.4, 0.5) is 0 Å². The largest absolute Gasteiger partial charge is 0.354 e. The van der Waals surface area contributed by atoms with E-state index in [1.165, 1.54) is 0 Å². The molecule has 0 aliphatic carbocycles. The molecule has 3 N–H and O–H groups in total. The van der Waals surface area contributed by atoms with E-state index in [0.29, 0.717) is 23.0 Å². The van der Waals surface area contributed by atoms with Gasteiger partial charge in [-0.1, -0.05) is 59.6 Å². The van der Waals surface area contributed by atoms with Gasteiger partial charge in [0.25, 0.3) is 0 Å². The molecule has 6 heteroatoms. The van der Waals surface area contributed by atoms with Crippen LogP contribution in [0.1, 0.15) is 30.0 Å². The Kier molecular flexibility index (Phi) is 9.16. The van der Waals surface area contributed by atoms with E-state index in [4.69, 9.17) is 28.9 Å². The third-order valence-corrected chi connectivity index (χ3v) is 4.34. The summed E-state index contributed by atoms with van der Waals surface area (Å²) in [6.45, 7) is 0.440. The van der Waals surface area contributed by atoms with Crippen LogP contribution >= 0.6 is 35.6 Å². The normalized spacial score (nSPS) is 11.5. The minimum Gasteiger partial charge on any atom is -0.354 e. The van der Waals surface area contributed by atoms with Crippen molar-refractivity contribution in [2.75, 3.05) is 6.54 Å². The van der Waals surface area contributed by atoms with E-state index >= 15 is 0 Å². The van der Waals surface area contributed by atoms with Gasteiger partial charge >= 0.3 is 0 Å². The number of amides is 1. The highest BCUT2D eigenvalue weighted by molar-refractivity contribution is 6.42. The first-order valence-corrected chi connectivity index (χ1v) is 8.33. The minimum atomic E-state index is -0.185. The van der Waals surface area contributed by atoms with Crippen molar-refractivity contribution < 1.29 is 4.79 Å². The van der Waals surface area contributed by atoms with Gasteiger partial charge in [-0.25, -0.2) is 0 Å². The lowest BCUT2D eigenvalue weighted by Crippen LogP contribution is -2.31. The van der Waals surface area contributed by atoms with Crippen LogP contribution in [0, 0.1) is 0 Å². The molecule has 2 rings (SSSR count). The van der Waals surface area contributed by atoms with Crippen LogP contribution in [0.5, 0.6) is 0 Å². The summed E-state index contributed by atoms with van der Waals surface area (Å²) < 4.78 is 0. The van der Waals surface area contributed by atoms with Gasteiger partial charge in [-0.3, -0.25) is 4.79 Å². The third kappa shape index (κ3) is 6.70. The molecule has 0 saturated carbocycles. The molecule has 1 atom stereocenters. The number of nitrogens with one attached hydrogen (secondary N) is 1. The van der Waals surface area contributed by atoms with E-state index in [-0.39, 0.29) is 24.4 Å². The van der Waals surface area contributed by atoms with E-state index in [2.05, 4.69) is 5.32 Å². The molecule has 3 nitrogen and oxygen atoms in total. The van der Waals surface area contributed by atoms with Crippen molar-refractivity contribution in [1.29, 1.82) is 0 Å². The lowest BCUT2D eigenvalue weighted by Gasteiger charge is -2.13. The second kappa shape index (κ2) is 10.6. The lowest BCUT2D eigenvalue weighted by atomic mass is 10.1. The van der Waals surface area contributed by atoms with Gasteiger partial charge in [0, 0.05) is 19.0 Å². The Bertz CT molecular complexity index is 650. The Morgan fingerprint density at radius 1 is 1.08 bits per heavy atom. The van der Waals surface area contributed by atoms with Gasteiger partial charge in [0.2, 0.25) is 5.91 Å². The summed E-state index contributed by atoms with van der Waals surface area (Å²) in [6.07, 6.45) is 2.00. The fourth-order valence-corrected chi connectivity index (χ4v) is 2.60. The van der Waals surface area contributed by atoms with Crippen molar-refractivity contribution in [2.45, 2.75) is 25.3 Å². The third-order valence-electron chi connectivity index (χ3n) is 3.60. The SMILES string of the molecule is Cl.NC(CNC(=O)CCCc1ccc(Cl)c(Cl)c1)c1ccccc1. The monoisotopic (exact) mass is 386 g/mol. The second-order valence-corrected chi connectivity index (χ2v) is 6.24. The van der Waals surface area contributed by atoms with Gasteiger partial charge in [0.05, 0.1) is 10.0 Å². The Balaban J connectivity index is 0.00000288. The van der Waals surface area contributed by atoms with Crippen LogP contribution in [0.2, 0.25) is 10.0 Å². The highest BCUT2D eigenvalue weighted by Gasteiger charge is 2.08. The number of hydrogen-bond donors (Lipinski definition) is 2. The van der Waals surface area contributed by atoms with Crippen LogP contribution in [0.3, 0.4) is 0 Å². The molecule has 0 bridgehead atoms. The smallest absolute Gasteiger partial charge is 0.220 e. The Hall–Kier alpha value is -1.26.